The van der Waals surface area contributed by atoms with Gasteiger partial charge in [-0.15, -0.1) is 0 Å². The second-order valence-corrected chi connectivity index (χ2v) is 4.42. The van der Waals surface area contributed by atoms with Crippen LogP contribution in [0.3, 0.4) is 0 Å². The Kier molecular flexibility index (Phi) is 4.37. The zero-order chi connectivity index (χ0) is 13.8. The highest BCUT2D eigenvalue weighted by Crippen LogP contribution is 2.30. The van der Waals surface area contributed by atoms with Gasteiger partial charge in [0.25, 0.3) is 0 Å². The number of nitrogens with two attached hydrogens (primary N) is 1. The van der Waals surface area contributed by atoms with Gasteiger partial charge in [0.05, 0.1) is 13.2 Å². The number of hydrogen-bond donors (Lipinski definition) is 2. The van der Waals surface area contributed by atoms with Gasteiger partial charge in [0.2, 0.25) is 0 Å². The first-order valence-electron chi connectivity index (χ1n) is 5.71. The fourth-order valence-electron chi connectivity index (χ4n) is 1.93. The van der Waals surface area contributed by atoms with E-state index in [9.17, 15) is 4.39 Å². The summed E-state index contributed by atoms with van der Waals surface area (Å²) in [6.07, 6.45) is 0. The highest BCUT2D eigenvalue weighted by molar-refractivity contribution is 6.31. The monoisotopic (exact) mass is 280 g/mol. The van der Waals surface area contributed by atoms with Crippen LogP contribution in [0.15, 0.2) is 42.5 Å². The van der Waals surface area contributed by atoms with E-state index in [1.165, 1.54) is 6.07 Å². The Morgan fingerprint density at radius 3 is 2.42 bits per heavy atom. The molecule has 100 valence electrons. The van der Waals surface area contributed by atoms with E-state index in [0.717, 1.165) is 11.3 Å². The number of nitrogens with one attached hydrogen (secondary N) is 1. The number of ether oxygens (including phenoxy) is 1. The zero-order valence-electron chi connectivity index (χ0n) is 10.4. The quantitative estimate of drug-likeness (QED) is 0.668. The van der Waals surface area contributed by atoms with Crippen LogP contribution >= 0.6 is 11.6 Å². The zero-order valence-corrected chi connectivity index (χ0v) is 11.1. The average molecular weight is 281 g/mol. The van der Waals surface area contributed by atoms with Crippen LogP contribution in [0.2, 0.25) is 5.02 Å². The summed E-state index contributed by atoms with van der Waals surface area (Å²) in [6.45, 7) is 0. The molecule has 0 aliphatic heterocycles. The van der Waals surface area contributed by atoms with E-state index in [1.54, 1.807) is 31.4 Å². The third-order valence-corrected chi connectivity index (χ3v) is 3.23. The van der Waals surface area contributed by atoms with Gasteiger partial charge in [-0.1, -0.05) is 29.8 Å². The van der Waals surface area contributed by atoms with Crippen molar-refractivity contribution in [2.24, 2.45) is 5.84 Å². The molecule has 0 fully saturated rings. The first-order valence-corrected chi connectivity index (χ1v) is 6.09. The fraction of sp³-hybridized carbons (Fsp3) is 0.143. The molecule has 0 heterocycles. The van der Waals surface area contributed by atoms with E-state index in [4.69, 9.17) is 22.2 Å². The molecule has 0 aliphatic carbocycles. The lowest BCUT2D eigenvalue weighted by Crippen LogP contribution is -2.29. The van der Waals surface area contributed by atoms with Crippen molar-refractivity contribution < 1.29 is 9.13 Å². The van der Waals surface area contributed by atoms with Gasteiger partial charge in [0.1, 0.15) is 11.6 Å². The lowest BCUT2D eigenvalue weighted by Gasteiger charge is -2.19. The van der Waals surface area contributed by atoms with Crippen molar-refractivity contribution in [3.63, 3.8) is 0 Å². The summed E-state index contributed by atoms with van der Waals surface area (Å²) in [5.74, 6) is 5.86. The summed E-state index contributed by atoms with van der Waals surface area (Å²) in [6, 6.07) is 11.2. The van der Waals surface area contributed by atoms with E-state index in [2.05, 4.69) is 5.43 Å². The first-order chi connectivity index (χ1) is 9.17. The largest absolute Gasteiger partial charge is 0.497 e. The molecular formula is C14H14ClFN2O. The molecule has 0 bridgehead atoms. The summed E-state index contributed by atoms with van der Waals surface area (Å²) >= 11 is 6.05. The third kappa shape index (κ3) is 2.87. The SMILES string of the molecule is COc1ccc(C(NN)c2c(F)cccc2Cl)cc1. The highest BCUT2D eigenvalue weighted by Gasteiger charge is 2.19. The summed E-state index contributed by atoms with van der Waals surface area (Å²) in [7, 11) is 1.58. The average Bonchev–Trinajstić information content (AvgIpc) is 2.43. The van der Waals surface area contributed by atoms with Gasteiger partial charge < -0.3 is 4.74 Å². The molecular weight excluding hydrogens is 267 g/mol. The molecule has 1 unspecified atom stereocenters. The lowest BCUT2D eigenvalue weighted by atomic mass is 9.98. The minimum absolute atomic E-state index is 0.330. The standard InChI is InChI=1S/C14H14ClFN2O/c1-19-10-7-5-9(6-8-10)14(18-17)13-11(15)3-2-4-12(13)16/h2-8,14,18H,17H2,1H3. The molecule has 0 aromatic heterocycles. The minimum atomic E-state index is -0.514. The van der Waals surface area contributed by atoms with Gasteiger partial charge in [-0.2, -0.15) is 0 Å². The second-order valence-electron chi connectivity index (χ2n) is 4.01. The second kappa shape index (κ2) is 6.02. The normalized spacial score (nSPS) is 12.2. The summed E-state index contributed by atoms with van der Waals surface area (Å²) < 4.78 is 19.0. The maximum Gasteiger partial charge on any atom is 0.129 e. The topological polar surface area (TPSA) is 47.3 Å². The Labute approximate surface area is 116 Å². The van der Waals surface area contributed by atoms with Crippen LogP contribution in [0, 0.1) is 5.82 Å². The molecule has 5 heteroatoms. The molecule has 2 aromatic carbocycles. The Bertz CT molecular complexity index is 540. The van der Waals surface area contributed by atoms with Crippen molar-refractivity contribution in [1.82, 2.24) is 5.43 Å². The molecule has 19 heavy (non-hydrogen) atoms. The number of benzene rings is 2. The predicted octanol–water partition coefficient (Wildman–Crippen LogP) is 3.04. The van der Waals surface area contributed by atoms with Crippen molar-refractivity contribution in [2.75, 3.05) is 7.11 Å². The van der Waals surface area contributed by atoms with Crippen molar-refractivity contribution in [3.8, 4) is 5.75 Å². The molecule has 2 rings (SSSR count). The molecule has 0 saturated carbocycles. The van der Waals surface area contributed by atoms with Crippen LogP contribution in [-0.2, 0) is 0 Å². The molecule has 2 aromatic rings. The summed E-state index contributed by atoms with van der Waals surface area (Å²) in [5.41, 5.74) is 3.72. The third-order valence-electron chi connectivity index (χ3n) is 2.90. The first kappa shape index (κ1) is 13.8. The highest BCUT2D eigenvalue weighted by atomic mass is 35.5. The Morgan fingerprint density at radius 1 is 1.21 bits per heavy atom. The Morgan fingerprint density at radius 2 is 1.89 bits per heavy atom. The van der Waals surface area contributed by atoms with Crippen LogP contribution in [0.5, 0.6) is 5.75 Å². The summed E-state index contributed by atoms with van der Waals surface area (Å²) in [4.78, 5) is 0. The number of hydrogen-bond acceptors (Lipinski definition) is 3. The lowest BCUT2D eigenvalue weighted by molar-refractivity contribution is 0.414. The predicted molar refractivity (Wildman–Crippen MR) is 73.6 cm³/mol. The molecule has 0 aliphatic rings. The van der Waals surface area contributed by atoms with E-state index in [-0.39, 0.29) is 0 Å². The van der Waals surface area contributed by atoms with E-state index in [0.29, 0.717) is 10.6 Å². The van der Waals surface area contributed by atoms with E-state index < -0.39 is 11.9 Å². The molecule has 0 radical (unpaired) electrons. The van der Waals surface area contributed by atoms with E-state index in [1.807, 2.05) is 12.1 Å². The van der Waals surface area contributed by atoms with Crippen LogP contribution in [0.1, 0.15) is 17.2 Å². The fourth-order valence-corrected chi connectivity index (χ4v) is 2.20. The van der Waals surface area contributed by atoms with Gasteiger partial charge in [-0.05, 0) is 29.8 Å². The van der Waals surface area contributed by atoms with Crippen LogP contribution < -0.4 is 16.0 Å². The minimum Gasteiger partial charge on any atom is -0.497 e. The number of hydrazine groups is 1. The van der Waals surface area contributed by atoms with Gasteiger partial charge in [-0.25, -0.2) is 9.82 Å². The van der Waals surface area contributed by atoms with Crippen molar-refractivity contribution >= 4 is 11.6 Å². The van der Waals surface area contributed by atoms with Gasteiger partial charge in [-0.3, -0.25) is 5.84 Å². The molecule has 3 N–H and O–H groups in total. The molecule has 3 nitrogen and oxygen atoms in total. The smallest absolute Gasteiger partial charge is 0.129 e. The van der Waals surface area contributed by atoms with Gasteiger partial charge >= 0.3 is 0 Å². The van der Waals surface area contributed by atoms with Gasteiger partial charge in [0.15, 0.2) is 0 Å². The molecule has 0 saturated heterocycles. The van der Waals surface area contributed by atoms with E-state index >= 15 is 0 Å². The maximum atomic E-state index is 13.9. The Balaban J connectivity index is 2.44. The molecule has 1 atom stereocenters. The molecule has 0 spiro atoms. The van der Waals surface area contributed by atoms with Crippen LogP contribution in [-0.4, -0.2) is 7.11 Å². The van der Waals surface area contributed by atoms with Crippen LogP contribution in [0.25, 0.3) is 0 Å². The van der Waals surface area contributed by atoms with Crippen molar-refractivity contribution in [1.29, 1.82) is 0 Å². The van der Waals surface area contributed by atoms with Crippen molar-refractivity contribution in [2.45, 2.75) is 6.04 Å². The Hall–Kier alpha value is -1.62. The van der Waals surface area contributed by atoms with Gasteiger partial charge in [0, 0.05) is 10.6 Å². The van der Waals surface area contributed by atoms with Crippen LogP contribution in [0.4, 0.5) is 4.39 Å². The number of rotatable bonds is 4. The number of halogens is 2. The number of methoxy groups -OCH3 is 1. The maximum absolute atomic E-state index is 13.9. The molecule has 0 amide bonds. The van der Waals surface area contributed by atoms with Crippen molar-refractivity contribution in [3.05, 3.63) is 64.4 Å². The summed E-state index contributed by atoms with van der Waals surface area (Å²) in [5, 5.41) is 0.332.